The molecule has 2 heteroatoms. The molecule has 5 aliphatic rings. The molecule has 5 rings (SSSR count). The third-order valence-corrected chi connectivity index (χ3v) is 9.77. The maximum Gasteiger partial charge on any atom is 0.0224 e. The smallest absolute Gasteiger partial charge is 0.0224 e. The van der Waals surface area contributed by atoms with Crippen molar-refractivity contribution in [1.82, 2.24) is 10.6 Å². The lowest BCUT2D eigenvalue weighted by atomic mass is 9.67. The summed E-state index contributed by atoms with van der Waals surface area (Å²) in [5.41, 5.74) is 0. The second kappa shape index (κ2) is 9.38. The summed E-state index contributed by atoms with van der Waals surface area (Å²) in [5.74, 6) is 4.11. The second-order valence-corrected chi connectivity index (χ2v) is 11.3. The SMILES string of the molecule is C1CCC2C(C1)CCCC2NC1CCCCC1NC1CCCC2CCCCC21. The number of hydrogen-bond acceptors (Lipinski definition) is 2. The first-order chi connectivity index (χ1) is 13.9. The molecule has 2 N–H and O–H groups in total. The molecule has 0 aromatic carbocycles. The fourth-order valence-electron chi connectivity index (χ4n) is 8.37. The van der Waals surface area contributed by atoms with Crippen LogP contribution in [0.25, 0.3) is 0 Å². The summed E-state index contributed by atoms with van der Waals surface area (Å²) in [5, 5.41) is 8.61. The molecule has 0 saturated heterocycles. The number of rotatable bonds is 4. The number of fused-ring (bicyclic) bond motifs is 2. The minimum atomic E-state index is 0.753. The Balaban J connectivity index is 1.22. The molecular weight excluding hydrogens is 340 g/mol. The van der Waals surface area contributed by atoms with E-state index in [-0.39, 0.29) is 0 Å². The fraction of sp³-hybridized carbons (Fsp3) is 1.00. The van der Waals surface area contributed by atoms with E-state index in [4.69, 9.17) is 0 Å². The molecule has 5 fully saturated rings. The molecule has 160 valence electrons. The Morgan fingerprint density at radius 3 is 1.18 bits per heavy atom. The Labute approximate surface area is 174 Å². The summed E-state index contributed by atoms with van der Waals surface area (Å²) < 4.78 is 0. The van der Waals surface area contributed by atoms with Crippen molar-refractivity contribution >= 4 is 0 Å². The minimum absolute atomic E-state index is 0.753. The average Bonchev–Trinajstić information content (AvgIpc) is 2.76. The van der Waals surface area contributed by atoms with E-state index in [1.807, 2.05) is 0 Å². The molecular formula is C26H46N2. The van der Waals surface area contributed by atoms with Crippen LogP contribution in [0.5, 0.6) is 0 Å². The summed E-state index contributed by atoms with van der Waals surface area (Å²) in [4.78, 5) is 0. The van der Waals surface area contributed by atoms with E-state index in [9.17, 15) is 0 Å². The lowest BCUT2D eigenvalue weighted by Gasteiger charge is -2.47. The predicted molar refractivity (Wildman–Crippen MR) is 118 cm³/mol. The molecule has 0 radical (unpaired) electrons. The van der Waals surface area contributed by atoms with Gasteiger partial charge in [0.15, 0.2) is 0 Å². The summed E-state index contributed by atoms with van der Waals surface area (Å²) >= 11 is 0. The normalized spacial score (nSPS) is 47.1. The van der Waals surface area contributed by atoms with Crippen LogP contribution in [-0.2, 0) is 0 Å². The standard InChI is InChI=1S/C26H46N2/c1-3-13-21-19(9-1)11-7-17-23(21)27-25-15-5-6-16-26(25)28-24-18-8-12-20-10-2-4-14-22(20)24/h19-28H,1-18H2. The van der Waals surface area contributed by atoms with E-state index in [1.54, 1.807) is 0 Å². The monoisotopic (exact) mass is 386 g/mol. The number of hydrogen-bond donors (Lipinski definition) is 2. The summed E-state index contributed by atoms with van der Waals surface area (Å²) in [6.07, 6.45) is 26.8. The van der Waals surface area contributed by atoms with Crippen LogP contribution in [0.1, 0.15) is 116 Å². The highest BCUT2D eigenvalue weighted by Gasteiger charge is 2.40. The molecule has 0 amide bonds. The van der Waals surface area contributed by atoms with Crippen LogP contribution in [0.2, 0.25) is 0 Å². The van der Waals surface area contributed by atoms with E-state index >= 15 is 0 Å². The van der Waals surface area contributed by atoms with Gasteiger partial charge in [-0.05, 0) is 62.2 Å². The Bertz CT molecular complexity index is 443. The first kappa shape index (κ1) is 19.9. The molecule has 8 unspecified atom stereocenters. The van der Waals surface area contributed by atoms with Crippen LogP contribution in [0, 0.1) is 23.7 Å². The Morgan fingerprint density at radius 2 is 0.679 bits per heavy atom. The Hall–Kier alpha value is -0.0800. The van der Waals surface area contributed by atoms with Crippen molar-refractivity contribution in [3.8, 4) is 0 Å². The topological polar surface area (TPSA) is 24.1 Å². The van der Waals surface area contributed by atoms with E-state index < -0.39 is 0 Å². The van der Waals surface area contributed by atoms with Gasteiger partial charge in [0.25, 0.3) is 0 Å². The zero-order valence-corrected chi connectivity index (χ0v) is 18.3. The third kappa shape index (κ3) is 4.34. The van der Waals surface area contributed by atoms with Gasteiger partial charge in [0.1, 0.15) is 0 Å². The van der Waals surface area contributed by atoms with Gasteiger partial charge in [0, 0.05) is 24.2 Å². The van der Waals surface area contributed by atoms with Crippen molar-refractivity contribution in [2.24, 2.45) is 23.7 Å². The van der Waals surface area contributed by atoms with Crippen LogP contribution in [0.3, 0.4) is 0 Å². The van der Waals surface area contributed by atoms with Crippen molar-refractivity contribution in [3.63, 3.8) is 0 Å². The van der Waals surface area contributed by atoms with Crippen LogP contribution in [0.4, 0.5) is 0 Å². The zero-order chi connectivity index (χ0) is 18.8. The van der Waals surface area contributed by atoms with Gasteiger partial charge in [-0.2, -0.15) is 0 Å². The molecule has 8 atom stereocenters. The highest BCUT2D eigenvalue weighted by molar-refractivity contribution is 4.97. The first-order valence-electron chi connectivity index (χ1n) is 13.4. The molecule has 0 aromatic heterocycles. The lowest BCUT2D eigenvalue weighted by Crippen LogP contribution is -2.59. The molecule has 28 heavy (non-hydrogen) atoms. The summed E-state index contributed by atoms with van der Waals surface area (Å²) in [7, 11) is 0. The van der Waals surface area contributed by atoms with Crippen LogP contribution in [-0.4, -0.2) is 24.2 Å². The average molecular weight is 387 g/mol. The van der Waals surface area contributed by atoms with Crippen LogP contribution < -0.4 is 10.6 Å². The van der Waals surface area contributed by atoms with Gasteiger partial charge in [-0.15, -0.1) is 0 Å². The quantitative estimate of drug-likeness (QED) is 0.601. The molecule has 5 saturated carbocycles. The number of nitrogens with one attached hydrogen (secondary N) is 2. The molecule has 0 spiro atoms. The van der Waals surface area contributed by atoms with Gasteiger partial charge in [-0.1, -0.05) is 77.0 Å². The van der Waals surface area contributed by atoms with Gasteiger partial charge >= 0.3 is 0 Å². The van der Waals surface area contributed by atoms with E-state index in [1.165, 1.54) is 116 Å². The highest BCUT2D eigenvalue weighted by atomic mass is 15.1. The maximum absolute atomic E-state index is 4.31. The van der Waals surface area contributed by atoms with Crippen molar-refractivity contribution in [3.05, 3.63) is 0 Å². The van der Waals surface area contributed by atoms with Gasteiger partial charge < -0.3 is 10.6 Å². The van der Waals surface area contributed by atoms with Crippen molar-refractivity contribution in [2.45, 2.75) is 140 Å². The van der Waals surface area contributed by atoms with Gasteiger partial charge in [0.2, 0.25) is 0 Å². The van der Waals surface area contributed by atoms with E-state index in [2.05, 4.69) is 10.6 Å². The molecule has 0 heterocycles. The Kier molecular flexibility index (Phi) is 6.65. The van der Waals surface area contributed by atoms with Gasteiger partial charge in [0.05, 0.1) is 0 Å². The summed E-state index contributed by atoms with van der Waals surface area (Å²) in [6, 6.07) is 3.17. The van der Waals surface area contributed by atoms with Crippen molar-refractivity contribution in [2.75, 3.05) is 0 Å². The molecule has 2 nitrogen and oxygen atoms in total. The molecule has 0 aliphatic heterocycles. The largest absolute Gasteiger partial charge is 0.309 e. The molecule has 5 aliphatic carbocycles. The van der Waals surface area contributed by atoms with Crippen LogP contribution >= 0.6 is 0 Å². The van der Waals surface area contributed by atoms with Gasteiger partial charge in [-0.25, -0.2) is 0 Å². The minimum Gasteiger partial charge on any atom is -0.309 e. The second-order valence-electron chi connectivity index (χ2n) is 11.3. The van der Waals surface area contributed by atoms with E-state index in [0.29, 0.717) is 0 Å². The van der Waals surface area contributed by atoms with Crippen LogP contribution in [0.15, 0.2) is 0 Å². The highest BCUT2D eigenvalue weighted by Crippen LogP contribution is 2.42. The first-order valence-corrected chi connectivity index (χ1v) is 13.4. The zero-order valence-electron chi connectivity index (χ0n) is 18.3. The lowest BCUT2D eigenvalue weighted by molar-refractivity contribution is 0.0884. The predicted octanol–water partition coefficient (Wildman–Crippen LogP) is 6.19. The Morgan fingerprint density at radius 1 is 0.321 bits per heavy atom. The summed E-state index contributed by atoms with van der Waals surface area (Å²) in [6.45, 7) is 0. The van der Waals surface area contributed by atoms with Crippen molar-refractivity contribution < 1.29 is 0 Å². The van der Waals surface area contributed by atoms with E-state index in [0.717, 1.165) is 47.8 Å². The maximum atomic E-state index is 4.31. The third-order valence-electron chi connectivity index (χ3n) is 9.77. The molecule has 0 bridgehead atoms. The fourth-order valence-corrected chi connectivity index (χ4v) is 8.37. The molecule has 0 aromatic rings. The van der Waals surface area contributed by atoms with Crippen molar-refractivity contribution in [1.29, 1.82) is 0 Å². The van der Waals surface area contributed by atoms with Gasteiger partial charge in [-0.3, -0.25) is 0 Å².